The van der Waals surface area contributed by atoms with Gasteiger partial charge in [-0.25, -0.2) is 0 Å². The van der Waals surface area contributed by atoms with Gasteiger partial charge in [-0.05, 0) is 43.9 Å². The number of carbonyl (C=O) groups excluding carboxylic acids is 1. The maximum Gasteiger partial charge on any atom is 0.221 e. The van der Waals surface area contributed by atoms with Gasteiger partial charge in [0.1, 0.15) is 11.9 Å². The van der Waals surface area contributed by atoms with Crippen LogP contribution in [0.4, 0.5) is 0 Å². The minimum Gasteiger partial charge on any atom is -0.489 e. The summed E-state index contributed by atoms with van der Waals surface area (Å²) in [6.45, 7) is 6.73. The molecule has 1 saturated heterocycles. The van der Waals surface area contributed by atoms with Crippen molar-refractivity contribution in [2.24, 2.45) is 5.92 Å². The van der Waals surface area contributed by atoms with E-state index in [1.807, 2.05) is 18.2 Å². The van der Waals surface area contributed by atoms with Crippen LogP contribution in [0.2, 0.25) is 5.02 Å². The Kier molecular flexibility index (Phi) is 6.57. The highest BCUT2D eigenvalue weighted by Crippen LogP contribution is 2.28. The smallest absolute Gasteiger partial charge is 0.221 e. The molecule has 1 N–H and O–H groups in total. The first-order valence-electron chi connectivity index (χ1n) is 9.12. The number of carbonyl (C=O) groups is 1. The zero-order chi connectivity index (χ0) is 17.6. The van der Waals surface area contributed by atoms with E-state index < -0.39 is 0 Å². The molecule has 1 aromatic carbocycles. The molecule has 6 heteroatoms. The molecule has 1 aromatic rings. The molecule has 1 atom stereocenters. The van der Waals surface area contributed by atoms with E-state index in [1.54, 1.807) is 0 Å². The molecule has 0 aromatic heterocycles. The van der Waals surface area contributed by atoms with Crippen molar-refractivity contribution >= 4 is 17.5 Å². The summed E-state index contributed by atoms with van der Waals surface area (Å²) in [5.41, 5.74) is 1.08. The van der Waals surface area contributed by atoms with Crippen LogP contribution in [0, 0.1) is 5.92 Å². The average Bonchev–Trinajstić information content (AvgIpc) is 2.76. The van der Waals surface area contributed by atoms with E-state index >= 15 is 0 Å². The summed E-state index contributed by atoms with van der Waals surface area (Å²) in [5, 5.41) is 3.79. The van der Waals surface area contributed by atoms with Crippen LogP contribution in [0.15, 0.2) is 18.2 Å². The van der Waals surface area contributed by atoms with Gasteiger partial charge in [0.05, 0.1) is 0 Å². The lowest BCUT2D eigenvalue weighted by Gasteiger charge is -2.23. The maximum absolute atomic E-state index is 12.2. The van der Waals surface area contributed by atoms with E-state index in [4.69, 9.17) is 21.1 Å². The van der Waals surface area contributed by atoms with E-state index in [0.29, 0.717) is 17.4 Å². The molecule has 5 nitrogen and oxygen atoms in total. The molecule has 0 aliphatic carbocycles. The molecule has 0 radical (unpaired) electrons. The number of fused-ring (bicyclic) bond motifs is 1. The summed E-state index contributed by atoms with van der Waals surface area (Å²) in [6, 6.07) is 5.73. The lowest BCUT2D eigenvalue weighted by Crippen LogP contribution is -2.36. The maximum atomic E-state index is 12.2. The molecule has 0 unspecified atom stereocenters. The van der Waals surface area contributed by atoms with Crippen LogP contribution in [0.1, 0.15) is 31.7 Å². The molecule has 25 heavy (non-hydrogen) atoms. The molecule has 0 spiro atoms. The molecular formula is C19H27ClN2O3. The zero-order valence-electron chi connectivity index (χ0n) is 14.8. The molecule has 2 heterocycles. The van der Waals surface area contributed by atoms with Crippen molar-refractivity contribution in [2.75, 3.05) is 32.8 Å². The first-order valence-corrected chi connectivity index (χ1v) is 9.50. The van der Waals surface area contributed by atoms with Gasteiger partial charge >= 0.3 is 0 Å². The van der Waals surface area contributed by atoms with Crippen LogP contribution in [0.3, 0.4) is 0 Å². The van der Waals surface area contributed by atoms with E-state index in [9.17, 15) is 4.79 Å². The van der Waals surface area contributed by atoms with Crippen molar-refractivity contribution in [3.8, 4) is 5.75 Å². The number of hydrogen-bond donors (Lipinski definition) is 1. The molecule has 2 aliphatic heterocycles. The Labute approximate surface area is 154 Å². The lowest BCUT2D eigenvalue weighted by atomic mass is 10.0. The molecular weight excluding hydrogens is 340 g/mol. The predicted molar refractivity (Wildman–Crippen MR) is 98.0 cm³/mol. The highest BCUT2D eigenvalue weighted by molar-refractivity contribution is 6.30. The number of nitrogens with zero attached hydrogens (tertiary/aromatic N) is 1. The van der Waals surface area contributed by atoms with E-state index in [-0.39, 0.29) is 12.0 Å². The van der Waals surface area contributed by atoms with Gasteiger partial charge in [-0.2, -0.15) is 0 Å². The third-order valence-corrected chi connectivity index (χ3v) is 5.08. The summed E-state index contributed by atoms with van der Waals surface area (Å²) in [6.07, 6.45) is 2.68. The standard InChI is InChI=1S/C19H27ClN2O3/c1-14-12-22(13-16-10-17(20)2-3-18(16)25-14)7-4-19(23)21-11-15-5-8-24-9-6-15/h2-3,10,14-15H,4-9,11-13H2,1H3,(H,21,23)/t14-/m1/s1. The van der Waals surface area contributed by atoms with Gasteiger partial charge in [-0.1, -0.05) is 11.6 Å². The monoisotopic (exact) mass is 366 g/mol. The summed E-state index contributed by atoms with van der Waals surface area (Å²) < 4.78 is 11.3. The number of halogens is 1. The second-order valence-electron chi connectivity index (χ2n) is 7.03. The van der Waals surface area contributed by atoms with Crippen LogP contribution >= 0.6 is 11.6 Å². The molecule has 3 rings (SSSR count). The Hall–Kier alpha value is -1.30. The van der Waals surface area contributed by atoms with Gasteiger partial charge < -0.3 is 14.8 Å². The van der Waals surface area contributed by atoms with Crippen LogP contribution in [0.5, 0.6) is 5.75 Å². The molecule has 0 saturated carbocycles. The van der Waals surface area contributed by atoms with Crippen molar-refractivity contribution < 1.29 is 14.3 Å². The first-order chi connectivity index (χ1) is 12.1. The third-order valence-electron chi connectivity index (χ3n) is 4.84. The van der Waals surface area contributed by atoms with E-state index in [1.165, 1.54) is 0 Å². The first kappa shape index (κ1) is 18.5. The summed E-state index contributed by atoms with van der Waals surface area (Å²) in [7, 11) is 0. The fourth-order valence-electron chi connectivity index (χ4n) is 3.44. The number of hydrogen-bond acceptors (Lipinski definition) is 4. The second kappa shape index (κ2) is 8.88. The van der Waals surface area contributed by atoms with Crippen molar-refractivity contribution in [3.63, 3.8) is 0 Å². The Balaban J connectivity index is 1.47. The molecule has 1 amide bonds. The average molecular weight is 367 g/mol. The summed E-state index contributed by atoms with van der Waals surface area (Å²) >= 11 is 6.11. The number of ether oxygens (including phenoxy) is 2. The normalized spacial score (nSPS) is 21.9. The fraction of sp³-hybridized carbons (Fsp3) is 0.632. The van der Waals surface area contributed by atoms with Gasteiger partial charge in [0, 0.05) is 56.4 Å². The fourth-order valence-corrected chi connectivity index (χ4v) is 3.63. The van der Waals surface area contributed by atoms with Crippen LogP contribution in [-0.4, -0.2) is 49.8 Å². The Morgan fingerprint density at radius 1 is 1.36 bits per heavy atom. The van der Waals surface area contributed by atoms with Crippen molar-refractivity contribution in [1.82, 2.24) is 10.2 Å². The van der Waals surface area contributed by atoms with Crippen molar-refractivity contribution in [1.29, 1.82) is 0 Å². The highest BCUT2D eigenvalue weighted by Gasteiger charge is 2.21. The molecule has 1 fully saturated rings. The van der Waals surface area contributed by atoms with Crippen LogP contribution < -0.4 is 10.1 Å². The van der Waals surface area contributed by atoms with Gasteiger partial charge in [0.25, 0.3) is 0 Å². The summed E-state index contributed by atoms with van der Waals surface area (Å²) in [4.78, 5) is 14.4. The molecule has 138 valence electrons. The topological polar surface area (TPSA) is 50.8 Å². The van der Waals surface area contributed by atoms with Crippen LogP contribution in [-0.2, 0) is 16.1 Å². The quantitative estimate of drug-likeness (QED) is 0.870. The van der Waals surface area contributed by atoms with E-state index in [2.05, 4.69) is 17.1 Å². The molecule has 2 aliphatic rings. The van der Waals surface area contributed by atoms with E-state index in [0.717, 1.165) is 63.5 Å². The Morgan fingerprint density at radius 3 is 2.96 bits per heavy atom. The minimum absolute atomic E-state index is 0.0905. The Morgan fingerprint density at radius 2 is 2.16 bits per heavy atom. The predicted octanol–water partition coefficient (Wildman–Crippen LogP) is 2.86. The number of amides is 1. The Bertz CT molecular complexity index is 590. The number of nitrogens with one attached hydrogen (secondary N) is 1. The van der Waals surface area contributed by atoms with Crippen molar-refractivity contribution in [2.45, 2.75) is 38.8 Å². The SMILES string of the molecule is C[C@@H]1CN(CCC(=O)NCC2CCOCC2)Cc2cc(Cl)ccc2O1. The number of benzene rings is 1. The lowest BCUT2D eigenvalue weighted by molar-refractivity contribution is -0.121. The van der Waals surface area contributed by atoms with Gasteiger partial charge in [0.15, 0.2) is 0 Å². The highest BCUT2D eigenvalue weighted by atomic mass is 35.5. The second-order valence-corrected chi connectivity index (χ2v) is 7.46. The van der Waals surface area contributed by atoms with Crippen LogP contribution in [0.25, 0.3) is 0 Å². The third kappa shape index (κ3) is 5.59. The molecule has 0 bridgehead atoms. The van der Waals surface area contributed by atoms with Gasteiger partial charge in [0.2, 0.25) is 5.91 Å². The zero-order valence-corrected chi connectivity index (χ0v) is 15.6. The minimum atomic E-state index is 0.0905. The largest absolute Gasteiger partial charge is 0.489 e. The van der Waals surface area contributed by atoms with Crippen molar-refractivity contribution in [3.05, 3.63) is 28.8 Å². The van der Waals surface area contributed by atoms with Gasteiger partial charge in [-0.3, -0.25) is 9.69 Å². The van der Waals surface area contributed by atoms with Gasteiger partial charge in [-0.15, -0.1) is 0 Å². The number of rotatable bonds is 5. The summed E-state index contributed by atoms with van der Waals surface area (Å²) in [5.74, 6) is 1.57.